The average Bonchev–Trinajstić information content (AvgIpc) is 3.14. The molecule has 2 aromatic rings. The highest BCUT2D eigenvalue weighted by Crippen LogP contribution is 2.27. The van der Waals surface area contributed by atoms with E-state index >= 15 is 0 Å². The molecule has 0 amide bonds. The molecule has 8 nitrogen and oxygen atoms in total. The molecule has 0 bridgehead atoms. The third-order valence-corrected chi connectivity index (χ3v) is 4.25. The fourth-order valence-electron chi connectivity index (χ4n) is 2.88. The summed E-state index contributed by atoms with van der Waals surface area (Å²) < 4.78 is 12.6. The Kier molecular flexibility index (Phi) is 6.54. The van der Waals surface area contributed by atoms with Crippen molar-refractivity contribution >= 4 is 18.1 Å². The highest BCUT2D eigenvalue weighted by Gasteiger charge is 2.28. The van der Waals surface area contributed by atoms with Gasteiger partial charge in [0, 0.05) is 20.3 Å². The van der Waals surface area contributed by atoms with Gasteiger partial charge in [0.2, 0.25) is 0 Å². The predicted molar refractivity (Wildman–Crippen MR) is 105 cm³/mol. The lowest BCUT2D eigenvalue weighted by Crippen LogP contribution is -2.27. The van der Waals surface area contributed by atoms with Crippen molar-refractivity contribution in [2.45, 2.75) is 31.6 Å². The van der Waals surface area contributed by atoms with Gasteiger partial charge in [0.25, 0.3) is 0 Å². The van der Waals surface area contributed by atoms with Gasteiger partial charge in [-0.3, -0.25) is 9.36 Å². The Balaban J connectivity index is 1.51. The summed E-state index contributed by atoms with van der Waals surface area (Å²) in [4.78, 5) is 34.0. The van der Waals surface area contributed by atoms with Crippen LogP contribution >= 0.6 is 0 Å². The second-order valence-electron chi connectivity index (χ2n) is 6.82. The number of ether oxygens (including phenoxy) is 2. The number of nitrogens with zero attached hydrogens (tertiary/aromatic N) is 4. The summed E-state index contributed by atoms with van der Waals surface area (Å²) in [7, 11) is 3.67. The predicted octanol–water partition coefficient (Wildman–Crippen LogP) is 1.93. The van der Waals surface area contributed by atoms with Crippen LogP contribution in [0.5, 0.6) is 0 Å². The Morgan fingerprint density at radius 2 is 2.11 bits per heavy atom. The number of carbonyl (C=O) groups excluding carboxylic acids is 1. The molecule has 2 heterocycles. The molecule has 1 aromatic carbocycles. The minimum atomic E-state index is -0.417. The second-order valence-corrected chi connectivity index (χ2v) is 6.82. The second kappa shape index (κ2) is 9.27. The monoisotopic (exact) mass is 384 g/mol. The number of benzene rings is 1. The average molecular weight is 384 g/mol. The van der Waals surface area contributed by atoms with E-state index in [4.69, 9.17) is 9.47 Å². The highest BCUT2D eigenvalue weighted by molar-refractivity contribution is 5.72. The van der Waals surface area contributed by atoms with Gasteiger partial charge in [0.05, 0.1) is 18.9 Å². The number of aromatic nitrogens is 2. The summed E-state index contributed by atoms with van der Waals surface area (Å²) >= 11 is 0. The first-order chi connectivity index (χ1) is 13.5. The molecule has 1 saturated heterocycles. The van der Waals surface area contributed by atoms with Gasteiger partial charge in [-0.15, -0.1) is 0 Å². The zero-order chi connectivity index (χ0) is 19.9. The summed E-state index contributed by atoms with van der Waals surface area (Å²) in [6.07, 6.45) is 4.16. The number of esters is 1. The van der Waals surface area contributed by atoms with Crippen molar-refractivity contribution in [3.05, 3.63) is 58.6 Å². The van der Waals surface area contributed by atoms with Crippen LogP contribution in [0, 0.1) is 0 Å². The van der Waals surface area contributed by atoms with Crippen molar-refractivity contribution in [2.75, 3.05) is 20.7 Å². The lowest BCUT2D eigenvalue weighted by atomic mass is 10.1. The molecule has 1 aliphatic rings. The third kappa shape index (κ3) is 5.50. The van der Waals surface area contributed by atoms with Crippen LogP contribution in [0.3, 0.4) is 0 Å². The van der Waals surface area contributed by atoms with Crippen molar-refractivity contribution in [3.8, 4) is 0 Å². The van der Waals surface area contributed by atoms with Gasteiger partial charge in [-0.2, -0.15) is 4.98 Å². The van der Waals surface area contributed by atoms with Crippen molar-refractivity contribution in [1.29, 1.82) is 0 Å². The van der Waals surface area contributed by atoms with Gasteiger partial charge < -0.3 is 14.4 Å². The molecule has 2 atom stereocenters. The van der Waals surface area contributed by atoms with Crippen LogP contribution in [-0.2, 0) is 20.7 Å². The molecule has 0 aliphatic carbocycles. The van der Waals surface area contributed by atoms with E-state index in [-0.39, 0.29) is 25.1 Å². The van der Waals surface area contributed by atoms with Crippen LogP contribution in [0.25, 0.3) is 0 Å². The lowest BCUT2D eigenvalue weighted by Gasteiger charge is -2.16. The van der Waals surface area contributed by atoms with E-state index in [1.165, 1.54) is 4.57 Å². The summed E-state index contributed by atoms with van der Waals surface area (Å²) in [5.74, 6) is 0.0551. The van der Waals surface area contributed by atoms with Crippen molar-refractivity contribution in [2.24, 2.45) is 4.99 Å². The van der Waals surface area contributed by atoms with E-state index in [1.807, 2.05) is 44.4 Å². The van der Waals surface area contributed by atoms with E-state index in [0.717, 1.165) is 5.56 Å². The minimum absolute atomic E-state index is 0.176. The Morgan fingerprint density at radius 3 is 2.82 bits per heavy atom. The number of hydrogen-bond donors (Lipinski definition) is 0. The molecule has 1 aromatic heterocycles. The summed E-state index contributed by atoms with van der Waals surface area (Å²) in [5.41, 5.74) is 0.493. The summed E-state index contributed by atoms with van der Waals surface area (Å²) in [6, 6.07) is 11.1. The number of hydrogen-bond acceptors (Lipinski definition) is 6. The van der Waals surface area contributed by atoms with Crippen LogP contribution in [0.2, 0.25) is 0 Å². The number of aliphatic imine (C=N–C) groups is 1. The van der Waals surface area contributed by atoms with Gasteiger partial charge in [-0.05, 0) is 24.5 Å². The lowest BCUT2D eigenvalue weighted by molar-refractivity contribution is -0.147. The molecular formula is C20H24N4O4. The molecular weight excluding hydrogens is 360 g/mol. The van der Waals surface area contributed by atoms with Crippen molar-refractivity contribution in [3.63, 3.8) is 0 Å². The highest BCUT2D eigenvalue weighted by atomic mass is 16.6. The van der Waals surface area contributed by atoms with Gasteiger partial charge in [0.15, 0.2) is 5.82 Å². The Bertz CT molecular complexity index is 879. The molecule has 1 fully saturated rings. The largest absolute Gasteiger partial charge is 0.463 e. The molecule has 0 N–H and O–H groups in total. The van der Waals surface area contributed by atoms with Crippen LogP contribution in [0.15, 0.2) is 52.4 Å². The minimum Gasteiger partial charge on any atom is -0.463 e. The Hall–Kier alpha value is -3.00. The smallest absolute Gasteiger partial charge is 0.351 e. The first-order valence-electron chi connectivity index (χ1n) is 9.16. The molecule has 148 valence electrons. The first-order valence-corrected chi connectivity index (χ1v) is 9.16. The number of carbonyl (C=O) groups is 1. The van der Waals surface area contributed by atoms with E-state index in [2.05, 4.69) is 9.98 Å². The molecule has 0 unspecified atom stereocenters. The Labute approximate surface area is 163 Å². The SMILES string of the molecule is CN(C)C=Nc1ccn([C@H]2CC[C@@H](COC(=O)Cc3ccccc3)O2)c(=O)n1. The molecule has 3 rings (SSSR count). The maximum atomic E-state index is 12.2. The molecule has 0 radical (unpaired) electrons. The quantitative estimate of drug-likeness (QED) is 0.412. The van der Waals surface area contributed by atoms with E-state index in [1.54, 1.807) is 23.5 Å². The maximum absolute atomic E-state index is 12.2. The topological polar surface area (TPSA) is 86.0 Å². The van der Waals surface area contributed by atoms with Crippen LogP contribution in [0.4, 0.5) is 5.82 Å². The summed E-state index contributed by atoms with van der Waals surface area (Å²) in [5, 5.41) is 0. The van der Waals surface area contributed by atoms with Gasteiger partial charge in [-0.25, -0.2) is 9.79 Å². The van der Waals surface area contributed by atoms with Crippen molar-refractivity contribution in [1.82, 2.24) is 14.5 Å². The van der Waals surface area contributed by atoms with Crippen LogP contribution in [0.1, 0.15) is 24.6 Å². The molecule has 28 heavy (non-hydrogen) atoms. The van der Waals surface area contributed by atoms with E-state index < -0.39 is 11.9 Å². The first kappa shape index (κ1) is 19.8. The number of rotatable bonds is 7. The molecule has 0 spiro atoms. The maximum Gasteiger partial charge on any atom is 0.351 e. The zero-order valence-electron chi connectivity index (χ0n) is 16.0. The van der Waals surface area contributed by atoms with Gasteiger partial charge >= 0.3 is 11.7 Å². The van der Waals surface area contributed by atoms with E-state index in [9.17, 15) is 9.59 Å². The van der Waals surface area contributed by atoms with Gasteiger partial charge in [0.1, 0.15) is 12.8 Å². The standard InChI is InChI=1S/C20H24N4O4/c1-23(2)14-21-17-10-11-24(20(26)22-17)18-9-8-16(28-18)13-27-19(25)12-15-6-4-3-5-7-15/h3-7,10-11,14,16,18H,8-9,12-13H2,1-2H3/t16-,18+/m0/s1. The van der Waals surface area contributed by atoms with E-state index in [0.29, 0.717) is 18.7 Å². The zero-order valence-corrected chi connectivity index (χ0v) is 16.0. The fourth-order valence-corrected chi connectivity index (χ4v) is 2.88. The fraction of sp³-hybridized carbons (Fsp3) is 0.400. The third-order valence-electron chi connectivity index (χ3n) is 4.25. The molecule has 0 saturated carbocycles. The van der Waals surface area contributed by atoms with Gasteiger partial charge in [-0.1, -0.05) is 30.3 Å². The van der Waals surface area contributed by atoms with Crippen LogP contribution < -0.4 is 5.69 Å². The normalized spacial score (nSPS) is 19.1. The summed E-state index contributed by atoms with van der Waals surface area (Å²) in [6.45, 7) is 0.176. The molecule has 8 heteroatoms. The molecule has 1 aliphatic heterocycles. The Morgan fingerprint density at radius 1 is 1.32 bits per heavy atom. The van der Waals surface area contributed by atoms with Crippen molar-refractivity contribution < 1.29 is 14.3 Å². The van der Waals surface area contributed by atoms with Crippen LogP contribution in [-0.4, -0.2) is 53.6 Å².